The van der Waals surface area contributed by atoms with Crippen molar-refractivity contribution in [3.8, 4) is 11.6 Å². The highest BCUT2D eigenvalue weighted by atomic mass is 19.4. The predicted molar refractivity (Wildman–Crippen MR) is 160 cm³/mol. The van der Waals surface area contributed by atoms with Gasteiger partial charge in [0.25, 0.3) is 11.8 Å². The third-order valence-electron chi connectivity index (χ3n) is 7.08. The van der Waals surface area contributed by atoms with Crippen molar-refractivity contribution >= 4 is 11.5 Å². The van der Waals surface area contributed by atoms with Gasteiger partial charge in [-0.05, 0) is 36.8 Å². The summed E-state index contributed by atoms with van der Waals surface area (Å²) in [6.07, 6.45) is -8.14. The van der Waals surface area contributed by atoms with Crippen molar-refractivity contribution < 1.29 is 40.4 Å². The molecule has 4 aromatic rings. The molecule has 47 heavy (non-hydrogen) atoms. The first-order chi connectivity index (χ1) is 22.3. The lowest BCUT2D eigenvalue weighted by molar-refractivity contribution is -0.384. The number of nitro groups is 1. The molecule has 0 fully saturated rings. The maximum atomic E-state index is 14.8. The first-order valence-electron chi connectivity index (χ1n) is 14.2. The van der Waals surface area contributed by atoms with E-state index >= 15 is 0 Å². The highest BCUT2D eigenvalue weighted by molar-refractivity contribution is 5.68. The van der Waals surface area contributed by atoms with E-state index in [0.717, 1.165) is 5.56 Å². The number of halogens is 6. The molecule has 15 heteroatoms. The molecule has 2 aromatic heterocycles. The summed E-state index contributed by atoms with van der Waals surface area (Å²) < 4.78 is 97.8. The lowest BCUT2D eigenvalue weighted by Gasteiger charge is -2.32. The topological polar surface area (TPSA) is 116 Å². The normalized spacial score (nSPS) is 13.8. The third kappa shape index (κ3) is 8.22. The predicted octanol–water partition coefficient (Wildman–Crippen LogP) is 8.60. The number of hydrogen-bond donors (Lipinski definition) is 1. The lowest BCUT2D eigenvalue weighted by Crippen LogP contribution is -2.45. The molecule has 2 heterocycles. The number of rotatable bonds is 15. The summed E-state index contributed by atoms with van der Waals surface area (Å²) in [5, 5.41) is 21.8. The molecule has 0 amide bonds. The quantitative estimate of drug-likeness (QED) is 0.0583. The summed E-state index contributed by atoms with van der Waals surface area (Å²) in [7, 11) is 0. The molecule has 0 saturated heterocycles. The molecule has 0 bridgehead atoms. The van der Waals surface area contributed by atoms with Crippen molar-refractivity contribution in [1.82, 2.24) is 15.2 Å². The smallest absolute Gasteiger partial charge is 0.415 e. The van der Waals surface area contributed by atoms with Crippen LogP contribution in [-0.4, -0.2) is 32.3 Å². The summed E-state index contributed by atoms with van der Waals surface area (Å²) in [5.41, 5.74) is -5.60. The Hall–Kier alpha value is -5.05. The number of allylic oxidation sites excluding steroid dienone is 1. The number of alkyl halides is 6. The molecule has 0 saturated carbocycles. The van der Waals surface area contributed by atoms with Crippen LogP contribution >= 0.6 is 0 Å². The maximum absolute atomic E-state index is 14.8. The molecular weight excluding hydrogens is 632 g/mol. The summed E-state index contributed by atoms with van der Waals surface area (Å²) >= 11 is 0. The molecule has 0 aliphatic carbocycles. The van der Waals surface area contributed by atoms with Crippen molar-refractivity contribution in [1.29, 1.82) is 0 Å². The SMILES string of the molecule is C=CCC[C@@](OCc1ccccc1)(c1nnc(-c2nc(NC(CC=C)Cc3ccccc3)c(C(F)(F)F)cc2[N+](=O)[O-])o1)C(F)(F)F. The van der Waals surface area contributed by atoms with Gasteiger partial charge < -0.3 is 14.5 Å². The number of anilines is 1. The maximum Gasteiger partial charge on any atom is 0.426 e. The Balaban J connectivity index is 1.83. The van der Waals surface area contributed by atoms with Crippen molar-refractivity contribution in [2.75, 3.05) is 5.32 Å². The Morgan fingerprint density at radius 2 is 1.60 bits per heavy atom. The van der Waals surface area contributed by atoms with E-state index in [1.54, 1.807) is 48.5 Å². The minimum absolute atomic E-state index is 0.168. The molecule has 2 aromatic carbocycles. The van der Waals surface area contributed by atoms with E-state index in [2.05, 4.69) is 33.7 Å². The van der Waals surface area contributed by atoms with Crippen LogP contribution in [0, 0.1) is 10.1 Å². The summed E-state index contributed by atoms with van der Waals surface area (Å²) in [5.74, 6) is -2.85. The zero-order chi connectivity index (χ0) is 34.2. The van der Waals surface area contributed by atoms with Gasteiger partial charge in [-0.2, -0.15) is 26.3 Å². The van der Waals surface area contributed by atoms with Gasteiger partial charge >= 0.3 is 18.0 Å². The van der Waals surface area contributed by atoms with Crippen LogP contribution in [0.4, 0.5) is 37.8 Å². The number of pyridine rings is 1. The molecule has 0 aliphatic rings. The van der Waals surface area contributed by atoms with Gasteiger partial charge in [0.1, 0.15) is 11.4 Å². The molecule has 248 valence electrons. The van der Waals surface area contributed by atoms with E-state index in [1.807, 2.05) is 0 Å². The number of benzene rings is 2. The van der Waals surface area contributed by atoms with Crippen LogP contribution in [0.2, 0.25) is 0 Å². The molecular formula is C32H29F6N5O4. The minimum Gasteiger partial charge on any atom is -0.415 e. The van der Waals surface area contributed by atoms with Crippen molar-refractivity contribution in [3.63, 3.8) is 0 Å². The molecule has 1 unspecified atom stereocenters. The van der Waals surface area contributed by atoms with Crippen molar-refractivity contribution in [2.24, 2.45) is 0 Å². The minimum atomic E-state index is -5.14. The lowest BCUT2D eigenvalue weighted by atomic mass is 9.96. The second-order valence-corrected chi connectivity index (χ2v) is 10.4. The first kappa shape index (κ1) is 34.8. The zero-order valence-electron chi connectivity index (χ0n) is 24.7. The number of nitrogens with one attached hydrogen (secondary N) is 1. The van der Waals surface area contributed by atoms with Crippen molar-refractivity contribution in [3.05, 3.63) is 125 Å². The van der Waals surface area contributed by atoms with Crippen LogP contribution in [0.5, 0.6) is 0 Å². The van der Waals surface area contributed by atoms with E-state index in [4.69, 9.17) is 9.15 Å². The van der Waals surface area contributed by atoms with E-state index < -0.39 is 76.5 Å². The zero-order valence-corrected chi connectivity index (χ0v) is 24.7. The fourth-order valence-electron chi connectivity index (χ4n) is 4.77. The number of nitrogens with zero attached hydrogens (tertiary/aromatic N) is 4. The molecule has 0 aliphatic heterocycles. The van der Waals surface area contributed by atoms with Crippen LogP contribution in [0.3, 0.4) is 0 Å². The Morgan fingerprint density at radius 1 is 0.957 bits per heavy atom. The Labute approximate surface area is 265 Å². The molecule has 0 radical (unpaired) electrons. The van der Waals surface area contributed by atoms with Gasteiger partial charge in [-0.3, -0.25) is 10.1 Å². The summed E-state index contributed by atoms with van der Waals surface area (Å²) in [6.45, 7) is 6.57. The van der Waals surface area contributed by atoms with Gasteiger partial charge in [-0.15, -0.1) is 23.4 Å². The third-order valence-corrected chi connectivity index (χ3v) is 7.08. The van der Waals surface area contributed by atoms with Crippen LogP contribution < -0.4 is 5.32 Å². The fraction of sp³-hybridized carbons (Fsp3) is 0.281. The van der Waals surface area contributed by atoms with Crippen molar-refractivity contribution in [2.45, 2.75) is 56.3 Å². The Morgan fingerprint density at radius 3 is 2.15 bits per heavy atom. The number of hydrogen-bond acceptors (Lipinski definition) is 8. The highest BCUT2D eigenvalue weighted by Gasteiger charge is 2.61. The number of ether oxygens (including phenoxy) is 1. The van der Waals surface area contributed by atoms with Crippen LogP contribution in [-0.2, 0) is 29.5 Å². The van der Waals surface area contributed by atoms with Crippen LogP contribution in [0.15, 0.2) is 96.5 Å². The van der Waals surface area contributed by atoms with Gasteiger partial charge in [-0.25, -0.2) is 4.98 Å². The standard InChI is InChI=1S/C32H29F6N5O4/c1-3-5-17-30(32(36,37)38,46-20-22-15-10-7-11-16-22)29-42-41-28(47-29)26-25(43(44)45)19-24(31(33,34)35)27(40-26)39-23(12-4-2)18-21-13-8-6-9-14-21/h3-4,6-11,13-16,19,23H,1-2,5,12,17-18,20H2,(H,39,40)/t23?,30-/m1/s1. The van der Waals surface area contributed by atoms with Crippen LogP contribution in [0.1, 0.15) is 41.8 Å². The van der Waals surface area contributed by atoms with Crippen LogP contribution in [0.25, 0.3) is 11.6 Å². The van der Waals surface area contributed by atoms with E-state index in [0.29, 0.717) is 5.56 Å². The molecule has 0 spiro atoms. The Kier molecular flexibility index (Phi) is 10.8. The second-order valence-electron chi connectivity index (χ2n) is 10.4. The molecule has 9 nitrogen and oxygen atoms in total. The van der Waals surface area contributed by atoms with E-state index in [1.165, 1.54) is 24.3 Å². The molecule has 2 atom stereocenters. The summed E-state index contributed by atoms with van der Waals surface area (Å²) in [4.78, 5) is 14.7. The highest BCUT2D eigenvalue weighted by Crippen LogP contribution is 2.47. The van der Waals surface area contributed by atoms with E-state index in [9.17, 15) is 36.5 Å². The van der Waals surface area contributed by atoms with E-state index in [-0.39, 0.29) is 25.3 Å². The van der Waals surface area contributed by atoms with Gasteiger partial charge in [-0.1, -0.05) is 72.8 Å². The summed E-state index contributed by atoms with van der Waals surface area (Å²) in [6, 6.07) is 16.2. The molecule has 1 N–H and O–H groups in total. The van der Waals surface area contributed by atoms with Gasteiger partial charge in [0.2, 0.25) is 11.3 Å². The monoisotopic (exact) mass is 661 g/mol. The largest absolute Gasteiger partial charge is 0.426 e. The second kappa shape index (κ2) is 14.6. The Bertz CT molecular complexity index is 1680. The molecule has 4 rings (SSSR count). The fourth-order valence-corrected chi connectivity index (χ4v) is 4.77. The number of aromatic nitrogens is 3. The van der Waals surface area contributed by atoms with Gasteiger partial charge in [0.05, 0.1) is 11.5 Å². The van der Waals surface area contributed by atoms with Gasteiger partial charge in [0.15, 0.2) is 0 Å². The average molecular weight is 662 g/mol. The average Bonchev–Trinajstić information content (AvgIpc) is 3.51. The van der Waals surface area contributed by atoms with Gasteiger partial charge in [0, 0.05) is 12.1 Å². The first-order valence-corrected chi connectivity index (χ1v) is 14.2.